The van der Waals surface area contributed by atoms with Gasteiger partial charge in [0, 0.05) is 25.2 Å². The van der Waals surface area contributed by atoms with Gasteiger partial charge in [0.15, 0.2) is 0 Å². The van der Waals surface area contributed by atoms with Crippen LogP contribution in [0.3, 0.4) is 0 Å². The Hall–Kier alpha value is -2.41. The zero-order chi connectivity index (χ0) is 17.5. The minimum Gasteiger partial charge on any atom is -0.372 e. The lowest BCUT2D eigenvalue weighted by molar-refractivity contribution is -0.366. The first kappa shape index (κ1) is 17.9. The maximum atomic E-state index is 12.2. The Kier molecular flexibility index (Phi) is 6.31. The van der Waals surface area contributed by atoms with Gasteiger partial charge in [-0.05, 0) is 42.9 Å². The summed E-state index contributed by atoms with van der Waals surface area (Å²) in [7, 11) is 0. The number of thiazole rings is 1. The normalized spacial score (nSPS) is 11.0. The predicted molar refractivity (Wildman–Crippen MR) is 99.7 cm³/mol. The highest BCUT2D eigenvalue weighted by Gasteiger charge is 2.18. The van der Waals surface area contributed by atoms with E-state index in [-0.39, 0.29) is 5.91 Å². The van der Waals surface area contributed by atoms with Crippen molar-refractivity contribution < 1.29 is 9.78 Å². The third-order valence-corrected chi connectivity index (χ3v) is 4.68. The molecule has 2 aromatic rings. The number of nitrogens with one attached hydrogen (secondary N) is 2. The summed E-state index contributed by atoms with van der Waals surface area (Å²) in [6.07, 6.45) is 2.35. The molecule has 0 spiro atoms. The second kappa shape index (κ2) is 8.44. The number of nitrogens with zero attached hydrogens (tertiary/aromatic N) is 2. The fourth-order valence-electron chi connectivity index (χ4n) is 2.41. The molecule has 128 valence electrons. The van der Waals surface area contributed by atoms with E-state index in [1.54, 1.807) is 6.21 Å². The van der Waals surface area contributed by atoms with E-state index in [1.807, 2.05) is 19.1 Å². The second-order valence-corrected chi connectivity index (χ2v) is 6.27. The van der Waals surface area contributed by atoms with E-state index >= 15 is 0 Å². The van der Waals surface area contributed by atoms with Crippen molar-refractivity contribution in [2.45, 2.75) is 27.2 Å². The standard InChI is InChI=1S/C17H23N5OS/c1-4-14-15(24-17(18)20-14)16(23)21-19-11-12-7-9-13(10-8-12)22(5-2)6-3/h7-11H,4-6H2,1-3H3,(H2,18,20)(H,21,23)/p+1. The summed E-state index contributed by atoms with van der Waals surface area (Å²) in [4.78, 5) is 18.0. The number of anilines is 2. The first-order chi connectivity index (χ1) is 11.6. The van der Waals surface area contributed by atoms with Crippen LogP contribution in [0.4, 0.5) is 10.8 Å². The van der Waals surface area contributed by atoms with E-state index in [0.29, 0.717) is 16.4 Å². The summed E-state index contributed by atoms with van der Waals surface area (Å²) in [5.74, 6) is -0.249. The van der Waals surface area contributed by atoms with Crippen LogP contribution >= 0.6 is 11.3 Å². The van der Waals surface area contributed by atoms with Crippen LogP contribution in [0, 0.1) is 0 Å². The van der Waals surface area contributed by atoms with Gasteiger partial charge in [0.25, 0.3) is 5.91 Å². The third kappa shape index (κ3) is 4.32. The van der Waals surface area contributed by atoms with Crippen LogP contribution < -0.4 is 21.0 Å². The maximum absolute atomic E-state index is 12.2. The molecule has 0 saturated carbocycles. The molecular weight excluding hydrogens is 322 g/mol. The molecule has 0 bridgehead atoms. The quantitative estimate of drug-likeness (QED) is 0.596. The zero-order valence-corrected chi connectivity index (χ0v) is 15.1. The molecule has 0 unspecified atom stereocenters. The molecule has 1 aromatic carbocycles. The molecule has 0 atom stereocenters. The van der Waals surface area contributed by atoms with E-state index in [4.69, 9.17) is 5.73 Å². The van der Waals surface area contributed by atoms with Crippen LogP contribution in [0.1, 0.15) is 41.7 Å². The van der Waals surface area contributed by atoms with Gasteiger partial charge >= 0.3 is 5.13 Å². The summed E-state index contributed by atoms with van der Waals surface area (Å²) < 4.78 is 0. The number of aromatic nitrogens is 1. The fourth-order valence-corrected chi connectivity index (χ4v) is 3.26. The minimum absolute atomic E-state index is 0.249. The van der Waals surface area contributed by atoms with E-state index in [1.165, 1.54) is 17.0 Å². The smallest absolute Gasteiger partial charge is 0.330 e. The van der Waals surface area contributed by atoms with Gasteiger partial charge in [-0.2, -0.15) is 5.10 Å². The van der Waals surface area contributed by atoms with Crippen molar-refractivity contribution in [2.75, 3.05) is 23.7 Å². The molecule has 1 heterocycles. The van der Waals surface area contributed by atoms with Gasteiger partial charge in [0.05, 0.1) is 6.21 Å². The number of nitrogens with two attached hydrogens (primary N) is 1. The Labute approximate surface area is 146 Å². The lowest BCUT2D eigenvalue weighted by atomic mass is 10.2. The van der Waals surface area contributed by atoms with Crippen molar-refractivity contribution >= 4 is 34.3 Å². The van der Waals surface area contributed by atoms with Crippen molar-refractivity contribution in [2.24, 2.45) is 5.10 Å². The Balaban J connectivity index is 1.99. The first-order valence-corrected chi connectivity index (χ1v) is 8.89. The summed E-state index contributed by atoms with van der Waals surface area (Å²) in [5, 5.41) is 4.55. The maximum Gasteiger partial charge on any atom is 0.330 e. The molecular formula is C17H24N5OS+. The Morgan fingerprint density at radius 2 is 1.96 bits per heavy atom. The number of carbonyl (C=O) groups is 1. The van der Waals surface area contributed by atoms with E-state index in [2.05, 4.69) is 46.4 Å². The van der Waals surface area contributed by atoms with Crippen molar-refractivity contribution in [3.63, 3.8) is 0 Å². The fraction of sp³-hybridized carbons (Fsp3) is 0.353. The number of amides is 1. The molecule has 1 amide bonds. The summed E-state index contributed by atoms with van der Waals surface area (Å²) in [6, 6.07) is 8.08. The molecule has 6 nitrogen and oxygen atoms in total. The summed E-state index contributed by atoms with van der Waals surface area (Å²) in [6.45, 7) is 8.18. The lowest BCUT2D eigenvalue weighted by Gasteiger charge is -2.20. The van der Waals surface area contributed by atoms with E-state index in [9.17, 15) is 4.79 Å². The number of hydrogen-bond acceptors (Lipinski definition) is 5. The van der Waals surface area contributed by atoms with Crippen LogP contribution in [-0.4, -0.2) is 25.2 Å². The molecule has 24 heavy (non-hydrogen) atoms. The molecule has 0 aliphatic heterocycles. The van der Waals surface area contributed by atoms with Gasteiger partial charge in [-0.3, -0.25) is 10.5 Å². The average molecular weight is 346 g/mol. The molecule has 0 aliphatic rings. The zero-order valence-electron chi connectivity index (χ0n) is 14.3. The van der Waals surface area contributed by atoms with Crippen molar-refractivity contribution in [1.29, 1.82) is 0 Å². The highest BCUT2D eigenvalue weighted by molar-refractivity contribution is 7.16. The number of rotatable bonds is 7. The van der Waals surface area contributed by atoms with Crippen molar-refractivity contribution in [1.82, 2.24) is 5.43 Å². The van der Waals surface area contributed by atoms with Crippen LogP contribution in [-0.2, 0) is 6.42 Å². The van der Waals surface area contributed by atoms with Gasteiger partial charge in [-0.1, -0.05) is 19.1 Å². The van der Waals surface area contributed by atoms with E-state index in [0.717, 1.165) is 24.3 Å². The molecule has 0 aliphatic carbocycles. The monoisotopic (exact) mass is 346 g/mol. The summed E-state index contributed by atoms with van der Waals surface area (Å²) >= 11 is 1.23. The average Bonchev–Trinajstić information content (AvgIpc) is 2.98. The Morgan fingerprint density at radius 1 is 1.29 bits per heavy atom. The minimum atomic E-state index is -0.249. The SMILES string of the molecule is CCc1[nH+]c(N)sc1C(=O)NN=Cc1ccc(N(CC)CC)cc1. The third-order valence-electron chi connectivity index (χ3n) is 3.72. The van der Waals surface area contributed by atoms with Crippen molar-refractivity contribution in [3.05, 3.63) is 40.4 Å². The highest BCUT2D eigenvalue weighted by atomic mass is 32.1. The van der Waals surface area contributed by atoms with Gasteiger partial charge < -0.3 is 4.90 Å². The van der Waals surface area contributed by atoms with Gasteiger partial charge in [-0.15, -0.1) is 0 Å². The van der Waals surface area contributed by atoms with Crippen LogP contribution in [0.5, 0.6) is 0 Å². The molecule has 0 radical (unpaired) electrons. The number of hydrogen-bond donors (Lipinski definition) is 2. The van der Waals surface area contributed by atoms with Crippen LogP contribution in [0.2, 0.25) is 0 Å². The van der Waals surface area contributed by atoms with Gasteiger partial charge in [-0.25, -0.2) is 10.4 Å². The molecule has 0 fully saturated rings. The number of carbonyl (C=O) groups excluding carboxylic acids is 1. The highest BCUT2D eigenvalue weighted by Crippen LogP contribution is 2.17. The Morgan fingerprint density at radius 3 is 2.54 bits per heavy atom. The number of hydrazone groups is 1. The molecule has 4 N–H and O–H groups in total. The predicted octanol–water partition coefficient (Wildman–Crippen LogP) is 2.32. The van der Waals surface area contributed by atoms with Crippen molar-refractivity contribution in [3.8, 4) is 0 Å². The van der Waals surface area contributed by atoms with Gasteiger partial charge in [0.1, 0.15) is 10.6 Å². The number of aryl methyl sites for hydroxylation is 1. The molecule has 1 aromatic heterocycles. The number of aromatic amines is 1. The summed E-state index contributed by atoms with van der Waals surface area (Å²) in [5.41, 5.74) is 11.2. The number of nitrogen functional groups attached to an aromatic ring is 1. The Bertz CT molecular complexity index is 704. The first-order valence-electron chi connectivity index (χ1n) is 8.07. The topological polar surface area (TPSA) is 84.9 Å². The largest absolute Gasteiger partial charge is 0.372 e. The molecule has 0 saturated heterocycles. The van der Waals surface area contributed by atoms with Crippen LogP contribution in [0.25, 0.3) is 0 Å². The molecule has 2 rings (SSSR count). The van der Waals surface area contributed by atoms with E-state index < -0.39 is 0 Å². The number of H-pyrrole nitrogens is 1. The number of benzene rings is 1. The lowest BCUT2D eigenvalue weighted by Crippen LogP contribution is -2.21. The van der Waals surface area contributed by atoms with Gasteiger partial charge in [0.2, 0.25) is 0 Å². The second-order valence-electron chi connectivity index (χ2n) is 5.22. The molecule has 7 heteroatoms. The van der Waals surface area contributed by atoms with Crippen LogP contribution in [0.15, 0.2) is 29.4 Å².